The van der Waals surface area contributed by atoms with E-state index in [0.29, 0.717) is 5.56 Å². The molecule has 0 saturated heterocycles. The van der Waals surface area contributed by atoms with Gasteiger partial charge in [0.15, 0.2) is 5.82 Å². The number of halogens is 2. The Labute approximate surface area is 102 Å². The van der Waals surface area contributed by atoms with Gasteiger partial charge in [-0.1, -0.05) is 18.2 Å². The van der Waals surface area contributed by atoms with Crippen LogP contribution in [-0.2, 0) is 6.54 Å². The minimum Gasteiger partial charge on any atom is -0.348 e. The van der Waals surface area contributed by atoms with Crippen molar-refractivity contribution >= 4 is 5.91 Å². The van der Waals surface area contributed by atoms with E-state index in [1.54, 1.807) is 18.2 Å². The molecule has 18 heavy (non-hydrogen) atoms. The summed E-state index contributed by atoms with van der Waals surface area (Å²) >= 11 is 0. The van der Waals surface area contributed by atoms with Gasteiger partial charge in [0.1, 0.15) is 5.82 Å². The maximum Gasteiger partial charge on any atom is 0.254 e. The summed E-state index contributed by atoms with van der Waals surface area (Å²) in [7, 11) is 0. The van der Waals surface area contributed by atoms with Crippen molar-refractivity contribution in [2.45, 2.75) is 6.54 Å². The maximum absolute atomic E-state index is 13.3. The van der Waals surface area contributed by atoms with E-state index in [2.05, 4.69) is 10.3 Å². The van der Waals surface area contributed by atoms with E-state index in [0.717, 1.165) is 6.20 Å². The van der Waals surface area contributed by atoms with Crippen LogP contribution in [-0.4, -0.2) is 10.9 Å². The van der Waals surface area contributed by atoms with Gasteiger partial charge in [-0.3, -0.25) is 9.78 Å². The summed E-state index contributed by atoms with van der Waals surface area (Å²) in [5, 5.41) is 2.45. The number of aromatic nitrogens is 1. The molecule has 2 rings (SSSR count). The molecule has 0 unspecified atom stereocenters. The summed E-state index contributed by atoms with van der Waals surface area (Å²) in [6, 6.07) is 7.35. The zero-order chi connectivity index (χ0) is 13.0. The number of hydrogen-bond donors (Lipinski definition) is 1. The highest BCUT2D eigenvalue weighted by molar-refractivity contribution is 5.94. The van der Waals surface area contributed by atoms with E-state index in [4.69, 9.17) is 0 Å². The van der Waals surface area contributed by atoms with Crippen LogP contribution in [0.3, 0.4) is 0 Å². The Bertz CT molecular complexity index is 572. The van der Waals surface area contributed by atoms with Crippen LogP contribution in [0.5, 0.6) is 0 Å². The van der Waals surface area contributed by atoms with Crippen molar-refractivity contribution in [3.8, 4) is 0 Å². The molecule has 3 nitrogen and oxygen atoms in total. The Hall–Kier alpha value is -2.30. The fourth-order valence-electron chi connectivity index (χ4n) is 1.47. The van der Waals surface area contributed by atoms with Crippen LogP contribution >= 0.6 is 0 Å². The highest BCUT2D eigenvalue weighted by Gasteiger charge is 2.11. The highest BCUT2D eigenvalue weighted by Crippen LogP contribution is 2.07. The zero-order valence-electron chi connectivity index (χ0n) is 9.36. The summed E-state index contributed by atoms with van der Waals surface area (Å²) < 4.78 is 26.5. The monoisotopic (exact) mass is 248 g/mol. The average Bonchev–Trinajstić information content (AvgIpc) is 2.38. The molecule has 0 atom stereocenters. The van der Waals surface area contributed by atoms with E-state index in [9.17, 15) is 13.6 Å². The molecule has 0 spiro atoms. The number of nitrogens with zero attached hydrogens (tertiary/aromatic N) is 1. The Morgan fingerprint density at radius 2 is 1.94 bits per heavy atom. The van der Waals surface area contributed by atoms with Gasteiger partial charge < -0.3 is 5.32 Å². The number of hydrogen-bond acceptors (Lipinski definition) is 2. The molecule has 1 N–H and O–H groups in total. The quantitative estimate of drug-likeness (QED) is 0.905. The maximum atomic E-state index is 13.3. The first-order valence-corrected chi connectivity index (χ1v) is 5.29. The van der Waals surface area contributed by atoms with Crippen molar-refractivity contribution in [1.29, 1.82) is 0 Å². The SMILES string of the molecule is O=C(NCc1ccccc1F)c1ccncc1F. The summed E-state index contributed by atoms with van der Waals surface area (Å²) in [4.78, 5) is 15.2. The van der Waals surface area contributed by atoms with Gasteiger partial charge in [-0.05, 0) is 12.1 Å². The van der Waals surface area contributed by atoms with Crippen molar-refractivity contribution in [1.82, 2.24) is 10.3 Å². The standard InChI is InChI=1S/C13H10F2N2O/c14-11-4-2-1-3-9(11)7-17-13(18)10-5-6-16-8-12(10)15/h1-6,8H,7H2,(H,17,18). The van der Waals surface area contributed by atoms with Gasteiger partial charge in [-0.25, -0.2) is 8.78 Å². The zero-order valence-corrected chi connectivity index (χ0v) is 9.36. The lowest BCUT2D eigenvalue weighted by molar-refractivity contribution is 0.0946. The lowest BCUT2D eigenvalue weighted by Gasteiger charge is -2.06. The Kier molecular flexibility index (Phi) is 3.62. The predicted octanol–water partition coefficient (Wildman–Crippen LogP) is 2.29. The van der Waals surface area contributed by atoms with Crippen LogP contribution in [0.15, 0.2) is 42.7 Å². The van der Waals surface area contributed by atoms with Crippen LogP contribution in [0.2, 0.25) is 0 Å². The third-order valence-electron chi connectivity index (χ3n) is 2.41. The topological polar surface area (TPSA) is 42.0 Å². The van der Waals surface area contributed by atoms with Gasteiger partial charge in [0, 0.05) is 18.3 Å². The van der Waals surface area contributed by atoms with E-state index in [-0.39, 0.29) is 12.1 Å². The molecular weight excluding hydrogens is 238 g/mol. The molecule has 0 aliphatic rings. The smallest absolute Gasteiger partial charge is 0.254 e. The Balaban J connectivity index is 2.06. The summed E-state index contributed by atoms with van der Waals surface area (Å²) in [5.41, 5.74) is 0.238. The molecule has 2 aromatic rings. The molecule has 0 aliphatic heterocycles. The molecule has 0 saturated carbocycles. The average molecular weight is 248 g/mol. The summed E-state index contributed by atoms with van der Waals surface area (Å²) in [6.07, 6.45) is 2.28. The Morgan fingerprint density at radius 1 is 1.17 bits per heavy atom. The van der Waals surface area contributed by atoms with Crippen LogP contribution in [0.25, 0.3) is 0 Å². The molecule has 1 heterocycles. The van der Waals surface area contributed by atoms with E-state index < -0.39 is 17.5 Å². The van der Waals surface area contributed by atoms with Crippen LogP contribution in [0.1, 0.15) is 15.9 Å². The van der Waals surface area contributed by atoms with Gasteiger partial charge in [-0.2, -0.15) is 0 Å². The second-order valence-electron chi connectivity index (χ2n) is 3.63. The molecule has 0 fully saturated rings. The molecule has 0 bridgehead atoms. The number of carbonyl (C=O) groups excluding carboxylic acids is 1. The molecule has 1 amide bonds. The van der Waals surface area contributed by atoms with Gasteiger partial charge in [0.25, 0.3) is 5.91 Å². The lowest BCUT2D eigenvalue weighted by Crippen LogP contribution is -2.24. The van der Waals surface area contributed by atoms with Crippen molar-refractivity contribution in [3.05, 3.63) is 65.5 Å². The van der Waals surface area contributed by atoms with Gasteiger partial charge in [0.2, 0.25) is 0 Å². The van der Waals surface area contributed by atoms with Crippen LogP contribution < -0.4 is 5.32 Å². The first-order valence-electron chi connectivity index (χ1n) is 5.29. The minimum absolute atomic E-state index is 0.00721. The number of carbonyl (C=O) groups is 1. The van der Waals surface area contributed by atoms with Gasteiger partial charge in [-0.15, -0.1) is 0 Å². The fraction of sp³-hybridized carbons (Fsp3) is 0.0769. The van der Waals surface area contributed by atoms with Crippen molar-refractivity contribution < 1.29 is 13.6 Å². The molecule has 1 aromatic carbocycles. The fourth-order valence-corrected chi connectivity index (χ4v) is 1.47. The normalized spacial score (nSPS) is 10.1. The molecule has 0 aliphatic carbocycles. The van der Waals surface area contributed by atoms with Crippen molar-refractivity contribution in [2.75, 3.05) is 0 Å². The van der Waals surface area contributed by atoms with E-state index in [1.165, 1.54) is 18.3 Å². The first-order chi connectivity index (χ1) is 8.68. The van der Waals surface area contributed by atoms with Crippen LogP contribution in [0, 0.1) is 11.6 Å². The number of nitrogens with one attached hydrogen (secondary N) is 1. The second kappa shape index (κ2) is 5.35. The third kappa shape index (κ3) is 2.68. The second-order valence-corrected chi connectivity index (χ2v) is 3.63. The van der Waals surface area contributed by atoms with Crippen molar-refractivity contribution in [2.24, 2.45) is 0 Å². The summed E-state index contributed by atoms with van der Waals surface area (Å²) in [6.45, 7) is 0.00721. The van der Waals surface area contributed by atoms with Crippen LogP contribution in [0.4, 0.5) is 8.78 Å². The lowest BCUT2D eigenvalue weighted by atomic mass is 10.2. The van der Waals surface area contributed by atoms with E-state index >= 15 is 0 Å². The Morgan fingerprint density at radius 3 is 2.67 bits per heavy atom. The molecule has 0 radical (unpaired) electrons. The molecule has 1 aromatic heterocycles. The first kappa shape index (κ1) is 12.2. The van der Waals surface area contributed by atoms with E-state index in [1.807, 2.05) is 0 Å². The predicted molar refractivity (Wildman–Crippen MR) is 61.8 cm³/mol. The van der Waals surface area contributed by atoms with Gasteiger partial charge in [0.05, 0.1) is 11.8 Å². The molecule has 5 heteroatoms. The third-order valence-corrected chi connectivity index (χ3v) is 2.41. The molecule has 92 valence electrons. The number of rotatable bonds is 3. The molecular formula is C13H10F2N2O. The number of pyridine rings is 1. The largest absolute Gasteiger partial charge is 0.348 e. The van der Waals surface area contributed by atoms with Crippen molar-refractivity contribution in [3.63, 3.8) is 0 Å². The minimum atomic E-state index is -0.705. The number of benzene rings is 1. The summed E-state index contributed by atoms with van der Waals surface area (Å²) in [5.74, 6) is -1.71. The van der Waals surface area contributed by atoms with Gasteiger partial charge >= 0.3 is 0 Å². The number of amides is 1. The highest BCUT2D eigenvalue weighted by atomic mass is 19.1.